The van der Waals surface area contributed by atoms with Crippen molar-refractivity contribution in [3.8, 4) is 0 Å². The number of carbonyl (C=O) groups excluding carboxylic acids is 2. The van der Waals surface area contributed by atoms with Gasteiger partial charge in [0.25, 0.3) is 0 Å². The largest absolute Gasteiger partial charge is 0.466 e. The average molecular weight is 321 g/mol. The van der Waals surface area contributed by atoms with E-state index in [4.69, 9.17) is 4.74 Å². The van der Waals surface area contributed by atoms with Crippen LogP contribution in [0.15, 0.2) is 40.5 Å². The molecule has 116 valence electrons. The number of hydrogen-bond donors (Lipinski definition) is 0. The molecule has 0 amide bonds. The molecule has 0 aliphatic carbocycles. The highest BCUT2D eigenvalue weighted by molar-refractivity contribution is 7.07. The molecular formula is C15H15NO5S. The Hall–Kier alpha value is -2.41. The molecule has 0 aliphatic rings. The van der Waals surface area contributed by atoms with Crippen LogP contribution in [0.2, 0.25) is 0 Å². The summed E-state index contributed by atoms with van der Waals surface area (Å²) < 4.78 is 11.2. The maximum absolute atomic E-state index is 12.0. The van der Waals surface area contributed by atoms with Crippen LogP contribution in [-0.4, -0.2) is 23.6 Å². The smallest absolute Gasteiger partial charge is 0.351 e. The molecule has 0 saturated heterocycles. The second-order valence-corrected chi connectivity index (χ2v) is 5.35. The molecule has 0 bridgehead atoms. The molecular weight excluding hydrogens is 306 g/mol. The summed E-state index contributed by atoms with van der Waals surface area (Å²) in [6, 6.07) is 8.57. The van der Waals surface area contributed by atoms with E-state index in [0.717, 1.165) is 11.3 Å². The van der Waals surface area contributed by atoms with Crippen LogP contribution < -0.4 is 4.87 Å². The van der Waals surface area contributed by atoms with Gasteiger partial charge in [0.15, 0.2) is 0 Å². The number of aryl methyl sites for hydroxylation is 1. The molecule has 1 aromatic carbocycles. The van der Waals surface area contributed by atoms with E-state index in [0.29, 0.717) is 11.3 Å². The van der Waals surface area contributed by atoms with Crippen molar-refractivity contribution in [3.05, 3.63) is 56.6 Å². The van der Waals surface area contributed by atoms with Gasteiger partial charge in [0.2, 0.25) is 6.10 Å². The molecule has 2 aromatic rings. The van der Waals surface area contributed by atoms with E-state index in [1.165, 1.54) is 11.7 Å². The van der Waals surface area contributed by atoms with Gasteiger partial charge in [-0.1, -0.05) is 41.7 Å². The quantitative estimate of drug-likeness (QED) is 0.783. The summed E-state index contributed by atoms with van der Waals surface area (Å²) >= 11 is 1.01. The molecule has 22 heavy (non-hydrogen) atoms. The Balaban J connectivity index is 2.16. The monoisotopic (exact) mass is 321 g/mol. The van der Waals surface area contributed by atoms with Crippen molar-refractivity contribution in [1.29, 1.82) is 0 Å². The molecule has 0 spiro atoms. The summed E-state index contributed by atoms with van der Waals surface area (Å²) in [5, 5.41) is 1.66. The number of methoxy groups -OCH3 is 1. The van der Waals surface area contributed by atoms with Crippen molar-refractivity contribution in [2.45, 2.75) is 19.6 Å². The van der Waals surface area contributed by atoms with E-state index in [1.807, 2.05) is 0 Å². The summed E-state index contributed by atoms with van der Waals surface area (Å²) in [5.41, 5.74) is 1.18. The fourth-order valence-corrected chi connectivity index (χ4v) is 2.62. The molecule has 0 unspecified atom stereocenters. The van der Waals surface area contributed by atoms with Gasteiger partial charge < -0.3 is 9.47 Å². The van der Waals surface area contributed by atoms with Crippen molar-refractivity contribution in [3.63, 3.8) is 0 Å². The zero-order valence-corrected chi connectivity index (χ0v) is 13.0. The number of carbonyl (C=O) groups is 2. The fourth-order valence-electron chi connectivity index (χ4n) is 1.88. The highest BCUT2D eigenvalue weighted by Crippen LogP contribution is 2.19. The fraction of sp³-hybridized carbons (Fsp3) is 0.267. The molecule has 0 radical (unpaired) electrons. The number of nitrogens with zero attached hydrogens (tertiary/aromatic N) is 1. The summed E-state index contributed by atoms with van der Waals surface area (Å²) in [6.45, 7) is 1.48. The second kappa shape index (κ2) is 7.04. The minimum Gasteiger partial charge on any atom is -0.466 e. The van der Waals surface area contributed by atoms with E-state index < -0.39 is 18.0 Å². The standard InChI is InChI=1S/C15H15NO5S/c1-10-9-22-15(19)16(10)8-12(17)21-13(14(18)20-2)11-6-4-3-5-7-11/h3-7,9,13H,8H2,1-2H3/t13-/m0/s1. The summed E-state index contributed by atoms with van der Waals surface area (Å²) in [6.07, 6.45) is -1.15. The first kappa shape index (κ1) is 16.0. The third-order valence-corrected chi connectivity index (χ3v) is 3.91. The molecule has 1 aromatic heterocycles. The van der Waals surface area contributed by atoms with Crippen LogP contribution in [0.25, 0.3) is 0 Å². The number of aromatic nitrogens is 1. The van der Waals surface area contributed by atoms with Crippen molar-refractivity contribution in [2.75, 3.05) is 7.11 Å². The number of esters is 2. The van der Waals surface area contributed by atoms with E-state index in [9.17, 15) is 14.4 Å². The minimum absolute atomic E-state index is 0.242. The Labute approximate surface area is 130 Å². The maximum atomic E-state index is 12.0. The van der Waals surface area contributed by atoms with Crippen LogP contribution in [0.1, 0.15) is 17.4 Å². The predicted octanol–water partition coefficient (Wildman–Crippen LogP) is 1.68. The van der Waals surface area contributed by atoms with Gasteiger partial charge in [0, 0.05) is 16.6 Å². The third kappa shape index (κ3) is 3.62. The number of rotatable bonds is 5. The first-order valence-electron chi connectivity index (χ1n) is 6.50. The van der Waals surface area contributed by atoms with Crippen molar-refractivity contribution in [2.24, 2.45) is 0 Å². The number of ether oxygens (including phenoxy) is 2. The van der Waals surface area contributed by atoms with Crippen molar-refractivity contribution in [1.82, 2.24) is 4.57 Å². The molecule has 0 N–H and O–H groups in total. The molecule has 0 saturated carbocycles. The first-order chi connectivity index (χ1) is 10.5. The van der Waals surface area contributed by atoms with Crippen LogP contribution in [0, 0.1) is 6.92 Å². The predicted molar refractivity (Wildman–Crippen MR) is 80.6 cm³/mol. The van der Waals surface area contributed by atoms with Gasteiger partial charge in [0.1, 0.15) is 6.54 Å². The van der Waals surface area contributed by atoms with Gasteiger partial charge in [-0.05, 0) is 6.92 Å². The van der Waals surface area contributed by atoms with Gasteiger partial charge >= 0.3 is 16.8 Å². The van der Waals surface area contributed by atoms with E-state index in [-0.39, 0.29) is 11.4 Å². The Kier molecular flexibility index (Phi) is 5.11. The van der Waals surface area contributed by atoms with Gasteiger partial charge in [0.05, 0.1) is 7.11 Å². The van der Waals surface area contributed by atoms with E-state index >= 15 is 0 Å². The molecule has 6 nitrogen and oxygen atoms in total. The van der Waals surface area contributed by atoms with Crippen LogP contribution >= 0.6 is 11.3 Å². The average Bonchev–Trinajstić information content (AvgIpc) is 2.84. The normalized spacial score (nSPS) is 11.7. The van der Waals surface area contributed by atoms with Gasteiger partial charge in [-0.2, -0.15) is 0 Å². The molecule has 2 rings (SSSR count). The lowest BCUT2D eigenvalue weighted by atomic mass is 10.1. The lowest BCUT2D eigenvalue weighted by molar-refractivity contribution is -0.167. The van der Waals surface area contributed by atoms with Gasteiger partial charge in [-0.15, -0.1) is 0 Å². The second-order valence-electron chi connectivity index (χ2n) is 4.53. The zero-order chi connectivity index (χ0) is 16.1. The third-order valence-electron chi connectivity index (χ3n) is 3.03. The molecule has 0 aliphatic heterocycles. The Morgan fingerprint density at radius 3 is 2.50 bits per heavy atom. The van der Waals surface area contributed by atoms with E-state index in [2.05, 4.69) is 4.74 Å². The van der Waals surface area contributed by atoms with Crippen molar-refractivity contribution < 1.29 is 19.1 Å². The molecule has 1 atom stereocenters. The van der Waals surface area contributed by atoms with Crippen LogP contribution in [0.3, 0.4) is 0 Å². The maximum Gasteiger partial charge on any atom is 0.351 e. The lowest BCUT2D eigenvalue weighted by Gasteiger charge is -2.16. The number of thiazole rings is 1. The molecule has 1 heterocycles. The zero-order valence-electron chi connectivity index (χ0n) is 12.1. The van der Waals surface area contributed by atoms with E-state index in [1.54, 1.807) is 42.6 Å². The highest BCUT2D eigenvalue weighted by atomic mass is 32.1. The Morgan fingerprint density at radius 2 is 1.95 bits per heavy atom. The topological polar surface area (TPSA) is 74.6 Å². The first-order valence-corrected chi connectivity index (χ1v) is 7.38. The number of benzene rings is 1. The van der Waals surface area contributed by atoms with Crippen molar-refractivity contribution >= 4 is 23.3 Å². The number of hydrogen-bond acceptors (Lipinski definition) is 6. The van der Waals surface area contributed by atoms with Crippen LogP contribution in [0.5, 0.6) is 0 Å². The highest BCUT2D eigenvalue weighted by Gasteiger charge is 2.26. The van der Waals surface area contributed by atoms with Crippen LogP contribution in [-0.2, 0) is 25.6 Å². The molecule has 7 heteroatoms. The lowest BCUT2D eigenvalue weighted by Crippen LogP contribution is -2.26. The summed E-state index contributed by atoms with van der Waals surface area (Å²) in [7, 11) is 1.22. The van der Waals surface area contributed by atoms with Gasteiger partial charge in [-0.25, -0.2) is 4.79 Å². The van der Waals surface area contributed by atoms with Crippen LogP contribution in [0.4, 0.5) is 0 Å². The summed E-state index contributed by atoms with van der Waals surface area (Å²) in [4.78, 5) is 35.2. The SMILES string of the molecule is COC(=O)[C@@H](OC(=O)Cn1c(C)csc1=O)c1ccccc1. The Morgan fingerprint density at radius 1 is 1.27 bits per heavy atom. The molecule has 0 fully saturated rings. The Bertz CT molecular complexity index is 719. The van der Waals surface area contributed by atoms with Gasteiger partial charge in [-0.3, -0.25) is 14.2 Å². The minimum atomic E-state index is -1.15. The summed E-state index contributed by atoms with van der Waals surface area (Å²) in [5.74, 6) is -1.35.